The van der Waals surface area contributed by atoms with Crippen LogP contribution in [0.15, 0.2) is 30.3 Å². The van der Waals surface area contributed by atoms with Crippen LogP contribution in [0.3, 0.4) is 0 Å². The molecule has 0 radical (unpaired) electrons. The number of carbonyl (C=O) groups excluding carboxylic acids is 3. The summed E-state index contributed by atoms with van der Waals surface area (Å²) in [7, 11) is 3.00. The van der Waals surface area contributed by atoms with Crippen molar-refractivity contribution >= 4 is 17.8 Å². The van der Waals surface area contributed by atoms with Crippen molar-refractivity contribution in [1.29, 1.82) is 0 Å². The van der Waals surface area contributed by atoms with Crippen molar-refractivity contribution in [1.82, 2.24) is 9.80 Å². The third-order valence-corrected chi connectivity index (χ3v) is 2.77. The van der Waals surface area contributed by atoms with Gasteiger partial charge in [-0.3, -0.25) is 9.59 Å². The normalized spacial score (nSPS) is 9.86. The summed E-state index contributed by atoms with van der Waals surface area (Å²) in [5.74, 6) is -0.426. The second-order valence-corrected chi connectivity index (χ2v) is 4.85. The van der Waals surface area contributed by atoms with E-state index in [1.54, 1.807) is 0 Å². The number of rotatable bonds is 6. The van der Waals surface area contributed by atoms with Gasteiger partial charge in [-0.05, 0) is 12.5 Å². The smallest absolute Gasteiger partial charge is 0.410 e. The van der Waals surface area contributed by atoms with Crippen molar-refractivity contribution in [3.8, 4) is 0 Å². The highest BCUT2D eigenvalue weighted by Gasteiger charge is 2.17. The Balaban J connectivity index is 2.40. The van der Waals surface area contributed by atoms with Crippen molar-refractivity contribution in [2.75, 3.05) is 27.2 Å². The van der Waals surface area contributed by atoms with Crippen LogP contribution in [0, 0.1) is 0 Å². The summed E-state index contributed by atoms with van der Waals surface area (Å²) in [5.41, 5.74) is 0.874. The molecule has 0 unspecified atom stereocenters. The predicted octanol–water partition coefficient (Wildman–Crippen LogP) is 1.30. The molecule has 114 valence electrons. The van der Waals surface area contributed by atoms with Crippen LogP contribution in [-0.4, -0.2) is 54.8 Å². The summed E-state index contributed by atoms with van der Waals surface area (Å²) >= 11 is 0. The van der Waals surface area contributed by atoms with Gasteiger partial charge in [-0.15, -0.1) is 0 Å². The zero-order valence-electron chi connectivity index (χ0n) is 12.5. The minimum absolute atomic E-state index is 0.0335. The third-order valence-electron chi connectivity index (χ3n) is 2.77. The lowest BCUT2D eigenvalue weighted by molar-refractivity contribution is -0.134. The largest absolute Gasteiger partial charge is 0.445 e. The Kier molecular flexibility index (Phi) is 6.39. The number of carbonyl (C=O) groups is 3. The molecule has 0 fully saturated rings. The number of likely N-dealkylation sites (N-methyl/N-ethyl adjacent to an activating group) is 2. The van der Waals surface area contributed by atoms with Crippen LogP contribution in [0.2, 0.25) is 0 Å². The van der Waals surface area contributed by atoms with Gasteiger partial charge in [0.15, 0.2) is 0 Å². The highest BCUT2D eigenvalue weighted by Crippen LogP contribution is 2.02. The highest BCUT2D eigenvalue weighted by molar-refractivity contribution is 5.86. The lowest BCUT2D eigenvalue weighted by Crippen LogP contribution is -2.41. The fraction of sp³-hybridized carbons (Fsp3) is 0.400. The zero-order chi connectivity index (χ0) is 15.8. The van der Waals surface area contributed by atoms with Crippen LogP contribution >= 0.6 is 0 Å². The SMILES string of the molecule is CC(=O)CN(C)C(=O)CN(C)C(=O)OCc1ccccc1. The van der Waals surface area contributed by atoms with Gasteiger partial charge in [0.25, 0.3) is 0 Å². The summed E-state index contributed by atoms with van der Waals surface area (Å²) in [6.45, 7) is 1.46. The van der Waals surface area contributed by atoms with E-state index >= 15 is 0 Å². The molecular formula is C15H20N2O4. The van der Waals surface area contributed by atoms with Gasteiger partial charge in [0.1, 0.15) is 18.9 Å². The Morgan fingerprint density at radius 3 is 2.19 bits per heavy atom. The molecular weight excluding hydrogens is 272 g/mol. The van der Waals surface area contributed by atoms with Crippen LogP contribution < -0.4 is 0 Å². The van der Waals surface area contributed by atoms with Crippen molar-refractivity contribution in [3.05, 3.63) is 35.9 Å². The van der Waals surface area contributed by atoms with Crippen molar-refractivity contribution in [2.24, 2.45) is 0 Å². The Morgan fingerprint density at radius 1 is 1.00 bits per heavy atom. The molecule has 1 aromatic rings. The summed E-state index contributed by atoms with van der Waals surface area (Å²) in [6.07, 6.45) is -0.580. The second kappa shape index (κ2) is 8.04. The molecule has 0 atom stereocenters. The molecule has 0 heterocycles. The first-order valence-electron chi connectivity index (χ1n) is 6.55. The van der Waals surface area contributed by atoms with Crippen LogP contribution in [0.25, 0.3) is 0 Å². The van der Waals surface area contributed by atoms with Crippen molar-refractivity contribution in [2.45, 2.75) is 13.5 Å². The van der Waals surface area contributed by atoms with E-state index in [0.29, 0.717) is 0 Å². The molecule has 1 aromatic carbocycles. The molecule has 0 bridgehead atoms. The molecule has 0 aliphatic rings. The maximum Gasteiger partial charge on any atom is 0.410 e. The van der Waals surface area contributed by atoms with Gasteiger partial charge in [0.05, 0.1) is 6.54 Å². The molecule has 0 spiro atoms. The van der Waals surface area contributed by atoms with E-state index in [1.165, 1.54) is 30.8 Å². The fourth-order valence-corrected chi connectivity index (χ4v) is 1.64. The second-order valence-electron chi connectivity index (χ2n) is 4.85. The van der Waals surface area contributed by atoms with E-state index < -0.39 is 6.09 Å². The van der Waals surface area contributed by atoms with Crippen molar-refractivity contribution in [3.63, 3.8) is 0 Å². The van der Waals surface area contributed by atoms with Crippen LogP contribution in [0.4, 0.5) is 4.79 Å². The number of hydrogen-bond acceptors (Lipinski definition) is 4. The lowest BCUT2D eigenvalue weighted by atomic mass is 10.2. The van der Waals surface area contributed by atoms with Gasteiger partial charge < -0.3 is 14.5 Å². The van der Waals surface area contributed by atoms with E-state index in [9.17, 15) is 14.4 Å². The maximum atomic E-state index is 11.8. The molecule has 0 aliphatic carbocycles. The van der Waals surface area contributed by atoms with Crippen LogP contribution in [0.5, 0.6) is 0 Å². The molecule has 0 aromatic heterocycles. The van der Waals surface area contributed by atoms with Crippen LogP contribution in [-0.2, 0) is 20.9 Å². The summed E-state index contributed by atoms with van der Waals surface area (Å²) in [5, 5.41) is 0. The molecule has 1 rings (SSSR count). The van der Waals surface area contributed by atoms with Gasteiger partial charge in [0.2, 0.25) is 5.91 Å². The maximum absolute atomic E-state index is 11.8. The van der Waals surface area contributed by atoms with E-state index in [0.717, 1.165) is 5.56 Å². The average molecular weight is 292 g/mol. The topological polar surface area (TPSA) is 66.9 Å². The predicted molar refractivity (Wildman–Crippen MR) is 77.6 cm³/mol. The summed E-state index contributed by atoms with van der Waals surface area (Å²) in [4.78, 5) is 37.0. The Hall–Kier alpha value is -2.37. The fourth-order valence-electron chi connectivity index (χ4n) is 1.64. The monoisotopic (exact) mass is 292 g/mol. The van der Waals surface area contributed by atoms with E-state index in [2.05, 4.69) is 0 Å². The summed E-state index contributed by atoms with van der Waals surface area (Å²) in [6, 6.07) is 9.28. The van der Waals surface area contributed by atoms with Gasteiger partial charge >= 0.3 is 6.09 Å². The molecule has 0 aliphatic heterocycles. The minimum atomic E-state index is -0.580. The van der Waals surface area contributed by atoms with E-state index in [-0.39, 0.29) is 31.4 Å². The molecule has 6 nitrogen and oxygen atoms in total. The van der Waals surface area contributed by atoms with Gasteiger partial charge in [-0.2, -0.15) is 0 Å². The molecule has 6 heteroatoms. The van der Waals surface area contributed by atoms with Gasteiger partial charge in [-0.1, -0.05) is 30.3 Å². The molecule has 21 heavy (non-hydrogen) atoms. The molecule has 0 saturated carbocycles. The van der Waals surface area contributed by atoms with Gasteiger partial charge in [0, 0.05) is 14.1 Å². The third kappa shape index (κ3) is 6.07. The first-order chi connectivity index (χ1) is 9.90. The highest BCUT2D eigenvalue weighted by atomic mass is 16.6. The number of hydrogen-bond donors (Lipinski definition) is 0. The molecule has 0 N–H and O–H groups in total. The number of benzene rings is 1. The van der Waals surface area contributed by atoms with Crippen LogP contribution in [0.1, 0.15) is 12.5 Å². The first kappa shape index (κ1) is 16.7. The Morgan fingerprint density at radius 2 is 1.62 bits per heavy atom. The first-order valence-corrected chi connectivity index (χ1v) is 6.55. The lowest BCUT2D eigenvalue weighted by Gasteiger charge is -2.20. The Labute approximate surface area is 124 Å². The molecule has 2 amide bonds. The number of amides is 2. The minimum Gasteiger partial charge on any atom is -0.445 e. The van der Waals surface area contributed by atoms with Crippen molar-refractivity contribution < 1.29 is 19.1 Å². The number of ketones is 1. The number of nitrogens with zero attached hydrogens (tertiary/aromatic N) is 2. The summed E-state index contributed by atoms with van der Waals surface area (Å²) < 4.78 is 5.10. The van der Waals surface area contributed by atoms with E-state index in [1.807, 2.05) is 30.3 Å². The zero-order valence-corrected chi connectivity index (χ0v) is 12.5. The quantitative estimate of drug-likeness (QED) is 0.792. The molecule has 0 saturated heterocycles. The van der Waals surface area contributed by atoms with Gasteiger partial charge in [-0.25, -0.2) is 4.79 Å². The Bertz CT molecular complexity index is 502. The standard InChI is InChI=1S/C15H20N2O4/c1-12(18)9-16(2)14(19)10-17(3)15(20)21-11-13-7-5-4-6-8-13/h4-8H,9-11H2,1-3H3. The van der Waals surface area contributed by atoms with E-state index in [4.69, 9.17) is 4.74 Å². The average Bonchev–Trinajstić information content (AvgIpc) is 2.44. The number of ether oxygens (including phenoxy) is 1. The number of Topliss-reactive ketones (excluding diaryl/α,β-unsaturated/α-hetero) is 1.